The van der Waals surface area contributed by atoms with Gasteiger partial charge in [0.25, 0.3) is 5.89 Å². The molecule has 0 saturated carbocycles. The maximum Gasteiger partial charge on any atom is 0.258 e. The normalized spacial score (nSPS) is 16.1. The minimum Gasteiger partial charge on any atom is -0.351 e. The smallest absolute Gasteiger partial charge is 0.258 e. The van der Waals surface area contributed by atoms with Crippen LogP contribution >= 0.6 is 12.2 Å². The van der Waals surface area contributed by atoms with E-state index >= 15 is 0 Å². The summed E-state index contributed by atoms with van der Waals surface area (Å²) in [6, 6.07) is 24.4. The standard InChI is InChI=1S/C28H26N4OS/c1-17-10-13-21(14-11-17)25-24(27-30-26(31-33-27)22-8-6-5-7-9-22)20(4)32(28(34)29-25)23-15-12-18(2)19(3)16-23/h5-16,25H,1-4H3,(H,29,34). The maximum absolute atomic E-state index is 5.86. The van der Waals surface area contributed by atoms with Gasteiger partial charge in [-0.25, -0.2) is 0 Å². The molecule has 1 unspecified atom stereocenters. The highest BCUT2D eigenvalue weighted by Gasteiger charge is 2.34. The predicted octanol–water partition coefficient (Wildman–Crippen LogP) is 6.53. The zero-order chi connectivity index (χ0) is 23.8. The van der Waals surface area contributed by atoms with Gasteiger partial charge in [0.05, 0.1) is 11.6 Å². The SMILES string of the molecule is CC1=C(c2nc(-c3ccccc3)no2)C(c2ccc(C)cc2)NC(=S)N1c1ccc(C)c(C)c1. The van der Waals surface area contributed by atoms with E-state index in [1.54, 1.807) is 0 Å². The lowest BCUT2D eigenvalue weighted by atomic mass is 9.94. The fraction of sp³-hybridized carbons (Fsp3) is 0.179. The fourth-order valence-corrected chi connectivity index (χ4v) is 4.60. The monoisotopic (exact) mass is 466 g/mol. The summed E-state index contributed by atoms with van der Waals surface area (Å²) in [5.41, 5.74) is 8.51. The summed E-state index contributed by atoms with van der Waals surface area (Å²) in [6.45, 7) is 8.36. The summed E-state index contributed by atoms with van der Waals surface area (Å²) in [5, 5.41) is 8.45. The van der Waals surface area contributed by atoms with Gasteiger partial charge in [-0.15, -0.1) is 0 Å². The van der Waals surface area contributed by atoms with E-state index < -0.39 is 0 Å². The number of rotatable bonds is 4. The molecule has 1 aromatic heterocycles. The van der Waals surface area contributed by atoms with E-state index in [0.29, 0.717) is 16.8 Å². The van der Waals surface area contributed by atoms with Crippen molar-refractivity contribution in [2.75, 3.05) is 4.90 Å². The van der Waals surface area contributed by atoms with Gasteiger partial charge in [-0.2, -0.15) is 4.98 Å². The molecule has 5 rings (SSSR count). The van der Waals surface area contributed by atoms with Crippen LogP contribution in [0, 0.1) is 20.8 Å². The largest absolute Gasteiger partial charge is 0.351 e. The first kappa shape index (κ1) is 22.0. The number of nitrogens with one attached hydrogen (secondary N) is 1. The van der Waals surface area contributed by atoms with Crippen molar-refractivity contribution in [3.63, 3.8) is 0 Å². The van der Waals surface area contributed by atoms with Gasteiger partial charge in [-0.05, 0) is 68.7 Å². The van der Waals surface area contributed by atoms with E-state index in [1.807, 2.05) is 35.2 Å². The number of hydrogen-bond acceptors (Lipinski definition) is 4. The third-order valence-corrected chi connectivity index (χ3v) is 6.63. The molecule has 5 nitrogen and oxygen atoms in total. The predicted molar refractivity (Wildman–Crippen MR) is 140 cm³/mol. The summed E-state index contributed by atoms with van der Waals surface area (Å²) < 4.78 is 5.84. The lowest BCUT2D eigenvalue weighted by Gasteiger charge is -2.37. The van der Waals surface area contributed by atoms with Crippen molar-refractivity contribution in [3.8, 4) is 11.4 Å². The van der Waals surface area contributed by atoms with Gasteiger partial charge in [-0.1, -0.05) is 71.4 Å². The fourth-order valence-electron chi connectivity index (χ4n) is 4.24. The van der Waals surface area contributed by atoms with Crippen LogP contribution in [-0.4, -0.2) is 15.3 Å². The van der Waals surface area contributed by atoms with Gasteiger partial charge in [-0.3, -0.25) is 4.90 Å². The molecule has 0 amide bonds. The van der Waals surface area contributed by atoms with Gasteiger partial charge in [0.2, 0.25) is 5.82 Å². The number of benzene rings is 3. The molecule has 2 heterocycles. The lowest BCUT2D eigenvalue weighted by molar-refractivity contribution is 0.404. The second-order valence-corrected chi connectivity index (χ2v) is 9.07. The van der Waals surface area contributed by atoms with Crippen LogP contribution in [0.5, 0.6) is 0 Å². The van der Waals surface area contributed by atoms with E-state index in [4.69, 9.17) is 21.7 Å². The Bertz CT molecular complexity index is 1390. The van der Waals surface area contributed by atoms with Crippen molar-refractivity contribution < 1.29 is 4.52 Å². The van der Waals surface area contributed by atoms with Gasteiger partial charge in [0, 0.05) is 16.9 Å². The van der Waals surface area contributed by atoms with Crippen LogP contribution in [0.4, 0.5) is 5.69 Å². The summed E-state index contributed by atoms with van der Waals surface area (Å²) in [4.78, 5) is 6.84. The van der Waals surface area contributed by atoms with Gasteiger partial charge in [0.1, 0.15) is 0 Å². The van der Waals surface area contributed by atoms with E-state index in [9.17, 15) is 0 Å². The summed E-state index contributed by atoms with van der Waals surface area (Å²) >= 11 is 5.86. The molecular weight excluding hydrogens is 440 g/mol. The Kier molecular flexibility index (Phi) is 5.75. The molecule has 1 aliphatic heterocycles. The third-order valence-electron chi connectivity index (χ3n) is 6.33. The Hall–Kier alpha value is -3.77. The number of hydrogen-bond donors (Lipinski definition) is 1. The van der Waals surface area contributed by atoms with Crippen molar-refractivity contribution >= 4 is 28.6 Å². The molecule has 4 aromatic rings. The lowest BCUT2D eigenvalue weighted by Crippen LogP contribution is -2.46. The molecule has 6 heteroatoms. The average molecular weight is 467 g/mol. The molecule has 1 aliphatic rings. The van der Waals surface area contributed by atoms with Gasteiger partial charge in [0.15, 0.2) is 5.11 Å². The maximum atomic E-state index is 5.86. The van der Waals surface area contributed by atoms with Crippen molar-refractivity contribution in [2.24, 2.45) is 0 Å². The quantitative estimate of drug-likeness (QED) is 0.345. The minimum atomic E-state index is -0.208. The molecule has 1 atom stereocenters. The number of thiocarbonyl (C=S) groups is 1. The second-order valence-electron chi connectivity index (χ2n) is 8.69. The zero-order valence-electron chi connectivity index (χ0n) is 19.7. The molecule has 3 aromatic carbocycles. The molecule has 1 N–H and O–H groups in total. The van der Waals surface area contributed by atoms with Crippen molar-refractivity contribution in [1.82, 2.24) is 15.5 Å². The molecule has 170 valence electrons. The second kappa shape index (κ2) is 8.88. The molecule has 0 bridgehead atoms. The van der Waals surface area contributed by atoms with Crippen molar-refractivity contribution in [3.05, 3.63) is 107 Å². The van der Waals surface area contributed by atoms with Crippen LogP contribution in [0.2, 0.25) is 0 Å². The number of anilines is 1. The van der Waals surface area contributed by atoms with Crippen molar-refractivity contribution in [1.29, 1.82) is 0 Å². The van der Waals surface area contributed by atoms with Gasteiger partial charge >= 0.3 is 0 Å². The first-order chi connectivity index (χ1) is 16.4. The first-order valence-electron chi connectivity index (χ1n) is 11.3. The van der Waals surface area contributed by atoms with E-state index in [-0.39, 0.29) is 6.04 Å². The Labute approximate surface area is 205 Å². The molecule has 0 radical (unpaired) electrons. The Morgan fingerprint density at radius 2 is 1.62 bits per heavy atom. The summed E-state index contributed by atoms with van der Waals surface area (Å²) in [5.74, 6) is 1.04. The third kappa shape index (κ3) is 4.01. The van der Waals surface area contributed by atoms with E-state index in [2.05, 4.69) is 80.6 Å². The zero-order valence-corrected chi connectivity index (χ0v) is 20.5. The Morgan fingerprint density at radius 3 is 2.32 bits per heavy atom. The topological polar surface area (TPSA) is 54.2 Å². The highest BCUT2D eigenvalue weighted by atomic mass is 32.1. The Morgan fingerprint density at radius 1 is 0.882 bits per heavy atom. The number of aryl methyl sites for hydroxylation is 3. The molecule has 0 aliphatic carbocycles. The highest BCUT2D eigenvalue weighted by Crippen LogP contribution is 2.39. The number of allylic oxidation sites excluding steroid dienone is 1. The summed E-state index contributed by atoms with van der Waals surface area (Å²) in [6.07, 6.45) is 0. The Balaban J connectivity index is 1.66. The first-order valence-corrected chi connectivity index (χ1v) is 11.7. The highest BCUT2D eigenvalue weighted by molar-refractivity contribution is 7.80. The van der Waals surface area contributed by atoms with Gasteiger partial charge < -0.3 is 9.84 Å². The van der Waals surface area contributed by atoms with E-state index in [0.717, 1.165) is 28.1 Å². The number of aromatic nitrogens is 2. The van der Waals surface area contributed by atoms with Crippen LogP contribution in [0.3, 0.4) is 0 Å². The van der Waals surface area contributed by atoms with Crippen LogP contribution in [0.1, 0.15) is 41.1 Å². The summed E-state index contributed by atoms with van der Waals surface area (Å²) in [7, 11) is 0. The van der Waals surface area contributed by atoms with Crippen LogP contribution in [-0.2, 0) is 0 Å². The molecule has 0 fully saturated rings. The van der Waals surface area contributed by atoms with E-state index in [1.165, 1.54) is 16.7 Å². The van der Waals surface area contributed by atoms with Crippen molar-refractivity contribution in [2.45, 2.75) is 33.7 Å². The molecule has 34 heavy (non-hydrogen) atoms. The minimum absolute atomic E-state index is 0.208. The van der Waals surface area contributed by atoms with Crippen LogP contribution in [0.25, 0.3) is 17.0 Å². The molecule has 0 saturated heterocycles. The average Bonchev–Trinajstić information content (AvgIpc) is 3.32. The molecule has 0 spiro atoms. The molecular formula is C28H26N4OS. The number of nitrogens with zero attached hydrogens (tertiary/aromatic N) is 3. The van der Waals surface area contributed by atoms with Crippen LogP contribution < -0.4 is 10.2 Å². The van der Waals surface area contributed by atoms with Crippen LogP contribution in [0.15, 0.2) is 83.0 Å².